The third-order valence-electron chi connectivity index (χ3n) is 2.28. The molecule has 0 saturated carbocycles. The molecule has 0 radical (unpaired) electrons. The van der Waals surface area contributed by atoms with Gasteiger partial charge in [-0.15, -0.1) is 10.2 Å². The van der Waals surface area contributed by atoms with E-state index in [2.05, 4.69) is 15.5 Å². The zero-order valence-corrected chi connectivity index (χ0v) is 11.0. The fourth-order valence-electron chi connectivity index (χ4n) is 1.34. The molecule has 1 aromatic heterocycles. The smallest absolute Gasteiger partial charge is 0.379 e. The molecule has 0 saturated heterocycles. The average Bonchev–Trinajstić information content (AvgIpc) is 2.32. The lowest BCUT2D eigenvalue weighted by atomic mass is 10.3. The van der Waals surface area contributed by atoms with Gasteiger partial charge in [0.05, 0.1) is 6.10 Å². The van der Waals surface area contributed by atoms with Gasteiger partial charge in [-0.25, -0.2) is 0 Å². The van der Waals surface area contributed by atoms with Crippen LogP contribution in [0.15, 0.2) is 12.1 Å². The Balaban J connectivity index is 2.23. The third kappa shape index (κ3) is 6.37. The van der Waals surface area contributed by atoms with Crippen molar-refractivity contribution in [2.75, 3.05) is 18.5 Å². The highest BCUT2D eigenvalue weighted by atomic mass is 19.4. The van der Waals surface area contributed by atoms with Crippen LogP contribution in [-0.4, -0.2) is 29.5 Å². The van der Waals surface area contributed by atoms with Crippen LogP contribution in [0.1, 0.15) is 32.4 Å². The number of unbranched alkanes of at least 4 members (excludes halogenated alkanes) is 1. The van der Waals surface area contributed by atoms with E-state index in [1.165, 1.54) is 6.07 Å². The summed E-state index contributed by atoms with van der Waals surface area (Å²) in [6, 6.07) is 2.19. The molecule has 1 N–H and O–H groups in total. The van der Waals surface area contributed by atoms with Gasteiger partial charge in [-0.1, -0.05) is 0 Å². The van der Waals surface area contributed by atoms with Gasteiger partial charge in [0.2, 0.25) is 0 Å². The normalized spacial score (nSPS) is 11.9. The van der Waals surface area contributed by atoms with Crippen LogP contribution in [0, 0.1) is 0 Å². The molecule has 0 aromatic carbocycles. The number of rotatable bonds is 7. The van der Waals surface area contributed by atoms with E-state index < -0.39 is 11.9 Å². The highest BCUT2D eigenvalue weighted by molar-refractivity contribution is 5.33. The SMILES string of the molecule is CC(C)OCCCCNc1ccc(C(F)(F)F)nn1. The van der Waals surface area contributed by atoms with Crippen molar-refractivity contribution in [3.05, 3.63) is 17.8 Å². The number of hydrogen-bond acceptors (Lipinski definition) is 4. The summed E-state index contributed by atoms with van der Waals surface area (Å²) in [6.45, 7) is 5.24. The Morgan fingerprint density at radius 1 is 1.21 bits per heavy atom. The monoisotopic (exact) mass is 277 g/mol. The van der Waals surface area contributed by atoms with E-state index in [1.807, 2.05) is 13.8 Å². The maximum absolute atomic E-state index is 12.2. The number of nitrogens with one attached hydrogen (secondary N) is 1. The molecule has 0 aliphatic rings. The lowest BCUT2D eigenvalue weighted by Crippen LogP contribution is -2.11. The van der Waals surface area contributed by atoms with Crippen LogP contribution in [-0.2, 0) is 10.9 Å². The Bertz CT molecular complexity index is 365. The molecule has 1 rings (SSSR count). The van der Waals surface area contributed by atoms with Gasteiger partial charge >= 0.3 is 6.18 Å². The number of halogens is 3. The quantitative estimate of drug-likeness (QED) is 0.778. The maximum Gasteiger partial charge on any atom is 0.435 e. The summed E-state index contributed by atoms with van der Waals surface area (Å²) in [6.07, 6.45) is -2.48. The van der Waals surface area contributed by atoms with Gasteiger partial charge in [-0.3, -0.25) is 0 Å². The molecular weight excluding hydrogens is 259 g/mol. The zero-order chi connectivity index (χ0) is 14.3. The van der Waals surface area contributed by atoms with Crippen LogP contribution in [0.2, 0.25) is 0 Å². The standard InChI is InChI=1S/C12H18F3N3O/c1-9(2)19-8-4-3-7-16-11-6-5-10(17-18-11)12(13,14)15/h5-6,9H,3-4,7-8H2,1-2H3,(H,16,18). The zero-order valence-electron chi connectivity index (χ0n) is 11.0. The first kappa shape index (κ1) is 15.7. The molecule has 1 aromatic rings. The predicted molar refractivity (Wildman–Crippen MR) is 65.8 cm³/mol. The minimum atomic E-state index is -4.44. The van der Waals surface area contributed by atoms with Crippen LogP contribution in [0.4, 0.5) is 19.0 Å². The van der Waals surface area contributed by atoms with Crippen molar-refractivity contribution in [2.45, 2.75) is 39.0 Å². The Morgan fingerprint density at radius 3 is 2.47 bits per heavy atom. The molecule has 0 aliphatic carbocycles. The van der Waals surface area contributed by atoms with Crippen LogP contribution in [0.5, 0.6) is 0 Å². The van der Waals surface area contributed by atoms with E-state index in [4.69, 9.17) is 4.74 Å². The van der Waals surface area contributed by atoms with Crippen LogP contribution in [0.25, 0.3) is 0 Å². The Kier molecular flexibility index (Phi) is 6.01. The number of nitrogens with zero attached hydrogens (tertiary/aromatic N) is 2. The van der Waals surface area contributed by atoms with Gasteiger partial charge < -0.3 is 10.1 Å². The largest absolute Gasteiger partial charge is 0.435 e. The van der Waals surface area contributed by atoms with E-state index in [-0.39, 0.29) is 6.10 Å². The molecule has 4 nitrogen and oxygen atoms in total. The predicted octanol–water partition coefficient (Wildman–Crippen LogP) is 3.11. The van der Waals surface area contributed by atoms with Gasteiger partial charge in [0, 0.05) is 13.2 Å². The second-order valence-corrected chi connectivity index (χ2v) is 4.36. The van der Waals surface area contributed by atoms with Crippen molar-refractivity contribution in [1.29, 1.82) is 0 Å². The first-order valence-electron chi connectivity index (χ1n) is 6.16. The molecule has 19 heavy (non-hydrogen) atoms. The number of aromatic nitrogens is 2. The first-order chi connectivity index (χ1) is 8.89. The number of ether oxygens (including phenoxy) is 1. The maximum atomic E-state index is 12.2. The molecule has 0 spiro atoms. The molecule has 0 aliphatic heterocycles. The number of anilines is 1. The van der Waals surface area contributed by atoms with Crippen LogP contribution >= 0.6 is 0 Å². The van der Waals surface area contributed by atoms with Gasteiger partial charge in [0.15, 0.2) is 5.69 Å². The fraction of sp³-hybridized carbons (Fsp3) is 0.667. The summed E-state index contributed by atoms with van der Waals surface area (Å²) >= 11 is 0. The highest BCUT2D eigenvalue weighted by Crippen LogP contribution is 2.26. The van der Waals surface area contributed by atoms with E-state index >= 15 is 0 Å². The van der Waals surface area contributed by atoms with Gasteiger partial charge in [0.25, 0.3) is 0 Å². The number of alkyl halides is 3. The molecule has 0 bridgehead atoms. The van der Waals surface area contributed by atoms with Crippen molar-refractivity contribution >= 4 is 5.82 Å². The Morgan fingerprint density at radius 2 is 1.95 bits per heavy atom. The van der Waals surface area contributed by atoms with Crippen molar-refractivity contribution in [3.63, 3.8) is 0 Å². The number of hydrogen-bond donors (Lipinski definition) is 1. The average molecular weight is 277 g/mol. The first-order valence-corrected chi connectivity index (χ1v) is 6.16. The van der Waals surface area contributed by atoms with Crippen molar-refractivity contribution in [2.24, 2.45) is 0 Å². The summed E-state index contributed by atoms with van der Waals surface area (Å²) in [5.41, 5.74) is -0.983. The van der Waals surface area contributed by atoms with Crippen molar-refractivity contribution < 1.29 is 17.9 Å². The van der Waals surface area contributed by atoms with E-state index in [9.17, 15) is 13.2 Å². The second kappa shape index (κ2) is 7.28. The summed E-state index contributed by atoms with van der Waals surface area (Å²) in [4.78, 5) is 0. The van der Waals surface area contributed by atoms with E-state index in [0.717, 1.165) is 18.9 Å². The molecule has 1 heterocycles. The lowest BCUT2D eigenvalue weighted by Gasteiger charge is -2.08. The second-order valence-electron chi connectivity index (χ2n) is 4.36. The molecular formula is C12H18F3N3O. The fourth-order valence-corrected chi connectivity index (χ4v) is 1.34. The molecule has 0 unspecified atom stereocenters. The van der Waals surface area contributed by atoms with Gasteiger partial charge in [0.1, 0.15) is 5.82 Å². The minimum absolute atomic E-state index is 0.216. The van der Waals surface area contributed by atoms with Crippen molar-refractivity contribution in [1.82, 2.24) is 10.2 Å². The lowest BCUT2D eigenvalue weighted by molar-refractivity contribution is -0.141. The summed E-state index contributed by atoms with van der Waals surface area (Å²) < 4.78 is 42.1. The van der Waals surface area contributed by atoms with Gasteiger partial charge in [-0.05, 0) is 38.8 Å². The topological polar surface area (TPSA) is 47.0 Å². The molecule has 7 heteroatoms. The highest BCUT2D eigenvalue weighted by Gasteiger charge is 2.32. The minimum Gasteiger partial charge on any atom is -0.379 e. The molecule has 0 amide bonds. The Labute approximate surface area is 110 Å². The molecule has 0 atom stereocenters. The van der Waals surface area contributed by atoms with E-state index in [1.54, 1.807) is 0 Å². The van der Waals surface area contributed by atoms with Crippen molar-refractivity contribution in [3.8, 4) is 0 Å². The van der Waals surface area contributed by atoms with Gasteiger partial charge in [-0.2, -0.15) is 13.2 Å². The summed E-state index contributed by atoms with van der Waals surface area (Å²) in [5, 5.41) is 9.52. The molecule has 0 fully saturated rings. The van der Waals surface area contributed by atoms with E-state index in [0.29, 0.717) is 19.0 Å². The summed E-state index contributed by atoms with van der Waals surface area (Å²) in [5.74, 6) is 0.345. The summed E-state index contributed by atoms with van der Waals surface area (Å²) in [7, 11) is 0. The van der Waals surface area contributed by atoms with Crippen LogP contribution < -0.4 is 5.32 Å². The molecule has 108 valence electrons. The Hall–Kier alpha value is -1.37. The van der Waals surface area contributed by atoms with Crippen LogP contribution in [0.3, 0.4) is 0 Å². The third-order valence-corrected chi connectivity index (χ3v) is 2.28.